The molecule has 0 aliphatic carbocycles. The van der Waals surface area contributed by atoms with Crippen molar-refractivity contribution >= 4 is 34.6 Å². The minimum absolute atomic E-state index is 0.531. The molecule has 1 aliphatic heterocycles. The Morgan fingerprint density at radius 3 is 2.59 bits per heavy atom. The summed E-state index contributed by atoms with van der Waals surface area (Å²) in [6, 6.07) is 8.12. The van der Waals surface area contributed by atoms with Crippen molar-refractivity contribution in [2.75, 3.05) is 43.4 Å². The fraction of sp³-hybridized carbons (Fsp3) is 0.231. The summed E-state index contributed by atoms with van der Waals surface area (Å²) in [5.74, 6) is 1.53. The van der Waals surface area contributed by atoms with Gasteiger partial charge in [-0.15, -0.1) is 0 Å². The molecule has 0 aromatic carbocycles. The van der Waals surface area contributed by atoms with E-state index in [-0.39, 0.29) is 0 Å². The van der Waals surface area contributed by atoms with Crippen molar-refractivity contribution in [3.8, 4) is 0 Å². The third-order valence-electron chi connectivity index (χ3n) is 6.26. The first-order valence-corrected chi connectivity index (χ1v) is 11.3. The Kier molecular flexibility index (Phi) is 5.81. The van der Waals surface area contributed by atoms with E-state index in [1.165, 1.54) is 0 Å². The number of aromatic nitrogens is 5. The largest absolute Gasteiger partial charge is 0.354 e. The molecule has 4 aromatic heterocycles. The predicted molar refractivity (Wildman–Crippen MR) is 137 cm³/mol. The van der Waals surface area contributed by atoms with Crippen molar-refractivity contribution < 1.29 is 0 Å². The fourth-order valence-electron chi connectivity index (χ4n) is 4.14. The summed E-state index contributed by atoms with van der Waals surface area (Å²) >= 11 is 0. The molecule has 1 fully saturated rings. The molecule has 1 aliphatic rings. The summed E-state index contributed by atoms with van der Waals surface area (Å²) < 4.78 is 1.83. The van der Waals surface area contributed by atoms with Gasteiger partial charge >= 0.3 is 0 Å². The van der Waals surface area contributed by atoms with Gasteiger partial charge in [0.1, 0.15) is 5.82 Å². The van der Waals surface area contributed by atoms with E-state index >= 15 is 0 Å². The number of nitrogens with one attached hydrogen (secondary N) is 1. The van der Waals surface area contributed by atoms with Gasteiger partial charge in [0.25, 0.3) is 0 Å². The lowest BCUT2D eigenvalue weighted by molar-refractivity contribution is 0.312. The second-order valence-corrected chi connectivity index (χ2v) is 8.54. The molecule has 172 valence electrons. The number of hydrogen-bond donors (Lipinski definition) is 1. The van der Waals surface area contributed by atoms with E-state index in [4.69, 9.17) is 0 Å². The molecule has 1 N–H and O–H groups in total. The lowest BCUT2D eigenvalue weighted by Gasteiger charge is -2.33. The summed E-state index contributed by atoms with van der Waals surface area (Å²) in [6.07, 6.45) is 9.17. The quantitative estimate of drug-likeness (QED) is 0.473. The number of piperazine rings is 1. The summed E-state index contributed by atoms with van der Waals surface area (Å²) in [5.41, 5.74) is 6.42. The van der Waals surface area contributed by atoms with Crippen molar-refractivity contribution in [3.05, 3.63) is 84.6 Å². The zero-order valence-corrected chi connectivity index (χ0v) is 19.6. The first-order chi connectivity index (χ1) is 16.5. The highest BCUT2D eigenvalue weighted by molar-refractivity contribution is 5.82. The standard InChI is InChI=1S/C26H28N8/c1-5-20-15-29-34-9-8-21(14-24(20)34)18(2)23-17-28-26(30-19(23)3)31-22-6-7-25(27-16-22)33-12-10-32(4)11-13-33/h5-9,14-17H,1-2,10-13H2,3-4H3,(H,28,30,31). The molecule has 0 unspecified atom stereocenters. The van der Waals surface area contributed by atoms with Gasteiger partial charge in [0.05, 0.1) is 29.3 Å². The maximum absolute atomic E-state index is 4.66. The second-order valence-electron chi connectivity index (χ2n) is 8.54. The third kappa shape index (κ3) is 4.27. The van der Waals surface area contributed by atoms with Gasteiger partial charge in [-0.2, -0.15) is 5.10 Å². The molecule has 0 radical (unpaired) electrons. The zero-order valence-electron chi connectivity index (χ0n) is 19.6. The van der Waals surface area contributed by atoms with Gasteiger partial charge in [-0.1, -0.05) is 19.2 Å². The Morgan fingerprint density at radius 1 is 1.06 bits per heavy atom. The van der Waals surface area contributed by atoms with E-state index in [1.807, 2.05) is 48.2 Å². The van der Waals surface area contributed by atoms with Gasteiger partial charge in [-0.05, 0) is 49.4 Å². The molecule has 0 spiro atoms. The van der Waals surface area contributed by atoms with E-state index in [9.17, 15) is 0 Å². The van der Waals surface area contributed by atoms with Crippen molar-refractivity contribution in [3.63, 3.8) is 0 Å². The average molecular weight is 453 g/mol. The highest BCUT2D eigenvalue weighted by Gasteiger charge is 2.15. The smallest absolute Gasteiger partial charge is 0.227 e. The minimum atomic E-state index is 0.531. The lowest BCUT2D eigenvalue weighted by Crippen LogP contribution is -2.44. The van der Waals surface area contributed by atoms with Crippen LogP contribution in [0.5, 0.6) is 0 Å². The van der Waals surface area contributed by atoms with Crippen LogP contribution in [-0.4, -0.2) is 62.7 Å². The molecular formula is C26H28N8. The van der Waals surface area contributed by atoms with Crippen LogP contribution in [0, 0.1) is 6.92 Å². The van der Waals surface area contributed by atoms with E-state index in [0.717, 1.165) is 71.2 Å². The number of anilines is 3. The monoisotopic (exact) mass is 452 g/mol. The summed E-state index contributed by atoms with van der Waals surface area (Å²) in [4.78, 5) is 18.5. The van der Waals surface area contributed by atoms with Crippen LogP contribution in [0.1, 0.15) is 22.4 Å². The zero-order chi connectivity index (χ0) is 23.7. The number of rotatable bonds is 6. The molecule has 8 nitrogen and oxygen atoms in total. The highest BCUT2D eigenvalue weighted by atomic mass is 15.3. The number of hydrogen-bond acceptors (Lipinski definition) is 7. The van der Waals surface area contributed by atoms with Crippen molar-refractivity contribution in [1.29, 1.82) is 0 Å². The molecule has 1 saturated heterocycles. The summed E-state index contributed by atoms with van der Waals surface area (Å²) in [6.45, 7) is 14.2. The Hall–Kier alpha value is -4.04. The molecule has 0 saturated carbocycles. The Morgan fingerprint density at radius 2 is 1.88 bits per heavy atom. The van der Waals surface area contributed by atoms with Crippen LogP contribution in [0.25, 0.3) is 17.2 Å². The number of likely N-dealkylation sites (N-methyl/N-ethyl adjacent to an activating group) is 1. The average Bonchev–Trinajstić information content (AvgIpc) is 3.27. The van der Waals surface area contributed by atoms with Crippen molar-refractivity contribution in [1.82, 2.24) is 29.5 Å². The molecule has 8 heteroatoms. The minimum Gasteiger partial charge on any atom is -0.354 e. The first-order valence-electron chi connectivity index (χ1n) is 11.3. The third-order valence-corrected chi connectivity index (χ3v) is 6.26. The molecule has 0 bridgehead atoms. The number of nitrogens with zero attached hydrogens (tertiary/aromatic N) is 7. The van der Waals surface area contributed by atoms with Crippen LogP contribution in [0.3, 0.4) is 0 Å². The fourth-order valence-corrected chi connectivity index (χ4v) is 4.14. The van der Waals surface area contributed by atoms with E-state index in [1.54, 1.807) is 12.3 Å². The van der Waals surface area contributed by atoms with Crippen LogP contribution in [0.2, 0.25) is 0 Å². The van der Waals surface area contributed by atoms with Crippen LogP contribution in [0.15, 0.2) is 62.2 Å². The highest BCUT2D eigenvalue weighted by Crippen LogP contribution is 2.26. The predicted octanol–water partition coefficient (Wildman–Crippen LogP) is 4.03. The first kappa shape index (κ1) is 21.8. The number of fused-ring (bicyclic) bond motifs is 1. The Bertz CT molecular complexity index is 1350. The number of aryl methyl sites for hydroxylation is 1. The van der Waals surface area contributed by atoms with Gasteiger partial charge in [-0.25, -0.2) is 19.5 Å². The molecular weight excluding hydrogens is 424 g/mol. The molecule has 34 heavy (non-hydrogen) atoms. The topological polar surface area (TPSA) is 74.5 Å². The van der Waals surface area contributed by atoms with Crippen molar-refractivity contribution in [2.24, 2.45) is 0 Å². The van der Waals surface area contributed by atoms with Gasteiger partial charge in [0.15, 0.2) is 0 Å². The van der Waals surface area contributed by atoms with E-state index < -0.39 is 0 Å². The van der Waals surface area contributed by atoms with E-state index in [2.05, 4.69) is 61.4 Å². The summed E-state index contributed by atoms with van der Waals surface area (Å²) in [7, 11) is 2.15. The Balaban J connectivity index is 1.31. The van der Waals surface area contributed by atoms with E-state index in [0.29, 0.717) is 5.95 Å². The van der Waals surface area contributed by atoms with Crippen LogP contribution in [-0.2, 0) is 0 Å². The van der Waals surface area contributed by atoms with Gasteiger partial charge < -0.3 is 15.1 Å². The van der Waals surface area contributed by atoms with Crippen LogP contribution >= 0.6 is 0 Å². The SMILES string of the molecule is C=Cc1cnn2ccc(C(=C)c3cnc(Nc4ccc(N5CCN(C)CC5)nc4)nc3C)cc12. The summed E-state index contributed by atoms with van der Waals surface area (Å²) in [5, 5.41) is 7.60. The molecule has 4 aromatic rings. The Labute approximate surface area is 199 Å². The van der Waals surface area contributed by atoms with Gasteiger partial charge in [0, 0.05) is 49.7 Å². The molecule has 5 rings (SSSR count). The maximum Gasteiger partial charge on any atom is 0.227 e. The molecule has 0 atom stereocenters. The second kappa shape index (κ2) is 9.07. The van der Waals surface area contributed by atoms with Gasteiger partial charge in [-0.3, -0.25) is 0 Å². The van der Waals surface area contributed by atoms with Crippen LogP contribution in [0.4, 0.5) is 17.5 Å². The molecule has 0 amide bonds. The normalized spacial score (nSPS) is 14.4. The van der Waals surface area contributed by atoms with Gasteiger partial charge in [0.2, 0.25) is 5.95 Å². The molecule has 5 heterocycles. The number of pyridine rings is 2. The van der Waals surface area contributed by atoms with Crippen molar-refractivity contribution in [2.45, 2.75) is 6.92 Å². The lowest BCUT2D eigenvalue weighted by atomic mass is 10.00. The maximum atomic E-state index is 4.66. The van der Waals surface area contributed by atoms with Crippen LogP contribution < -0.4 is 10.2 Å².